The Morgan fingerprint density at radius 1 is 1.06 bits per heavy atom. The quantitative estimate of drug-likeness (QED) is 0.589. The highest BCUT2D eigenvalue weighted by atomic mass is 16.2. The van der Waals surface area contributed by atoms with Gasteiger partial charge in [0.1, 0.15) is 11.7 Å². The first-order valence-corrected chi connectivity index (χ1v) is 5.27. The first kappa shape index (κ1) is 15.2. The standard InChI is InChI=1S/C11H19N3O3/c1-6(2)9(11(17)12-5)14-10(16)7(3)13-8(4)15/h7H,1-5H3,(H,12,17)(H,13,15)(H,14,16)/t7-/m0/s1. The van der Waals surface area contributed by atoms with Gasteiger partial charge in [0.15, 0.2) is 0 Å². The van der Waals surface area contributed by atoms with E-state index in [0.717, 1.165) is 0 Å². The average Bonchev–Trinajstić information content (AvgIpc) is 2.22. The molecule has 0 saturated carbocycles. The number of nitrogens with one attached hydrogen (secondary N) is 3. The third-order valence-corrected chi connectivity index (χ3v) is 2.02. The molecule has 0 bridgehead atoms. The lowest BCUT2D eigenvalue weighted by Crippen LogP contribution is -2.45. The van der Waals surface area contributed by atoms with E-state index in [1.807, 2.05) is 0 Å². The predicted molar refractivity (Wildman–Crippen MR) is 63.9 cm³/mol. The van der Waals surface area contributed by atoms with Gasteiger partial charge >= 0.3 is 0 Å². The van der Waals surface area contributed by atoms with Gasteiger partial charge in [-0.2, -0.15) is 0 Å². The molecule has 0 aliphatic rings. The Morgan fingerprint density at radius 3 is 1.94 bits per heavy atom. The molecule has 17 heavy (non-hydrogen) atoms. The lowest BCUT2D eigenvalue weighted by molar-refractivity contribution is -0.128. The highest BCUT2D eigenvalue weighted by molar-refractivity contribution is 5.99. The smallest absolute Gasteiger partial charge is 0.267 e. The molecule has 3 N–H and O–H groups in total. The molecule has 0 aromatic heterocycles. The van der Waals surface area contributed by atoms with E-state index in [-0.39, 0.29) is 17.5 Å². The zero-order valence-electron chi connectivity index (χ0n) is 10.8. The number of carbonyl (C=O) groups is 3. The van der Waals surface area contributed by atoms with Crippen molar-refractivity contribution in [3.63, 3.8) is 0 Å². The Morgan fingerprint density at radius 2 is 1.59 bits per heavy atom. The second-order valence-electron chi connectivity index (χ2n) is 3.87. The van der Waals surface area contributed by atoms with Crippen LogP contribution in [0.5, 0.6) is 0 Å². The lowest BCUT2D eigenvalue weighted by Gasteiger charge is -2.15. The van der Waals surface area contributed by atoms with E-state index < -0.39 is 11.9 Å². The number of amides is 3. The fourth-order valence-corrected chi connectivity index (χ4v) is 1.14. The average molecular weight is 241 g/mol. The van der Waals surface area contributed by atoms with Gasteiger partial charge in [0.25, 0.3) is 5.91 Å². The van der Waals surface area contributed by atoms with E-state index in [9.17, 15) is 14.4 Å². The van der Waals surface area contributed by atoms with Crippen LogP contribution < -0.4 is 16.0 Å². The van der Waals surface area contributed by atoms with Gasteiger partial charge in [-0.3, -0.25) is 14.4 Å². The third-order valence-electron chi connectivity index (χ3n) is 2.02. The van der Waals surface area contributed by atoms with Crippen LogP contribution in [0.2, 0.25) is 0 Å². The van der Waals surface area contributed by atoms with Crippen LogP contribution in [-0.4, -0.2) is 30.8 Å². The van der Waals surface area contributed by atoms with Gasteiger partial charge in [-0.25, -0.2) is 0 Å². The van der Waals surface area contributed by atoms with Crippen LogP contribution in [0.15, 0.2) is 11.3 Å². The summed E-state index contributed by atoms with van der Waals surface area (Å²) in [6, 6.07) is -0.688. The summed E-state index contributed by atoms with van der Waals surface area (Å²) in [4.78, 5) is 33.9. The Labute approximate surface area is 101 Å². The molecule has 0 aromatic rings. The van der Waals surface area contributed by atoms with Crippen molar-refractivity contribution >= 4 is 17.7 Å². The number of hydrogen-bond acceptors (Lipinski definition) is 3. The van der Waals surface area contributed by atoms with Gasteiger partial charge in [0.05, 0.1) is 0 Å². The Kier molecular flexibility index (Phi) is 5.95. The molecule has 0 aliphatic heterocycles. The van der Waals surface area contributed by atoms with Gasteiger partial charge in [-0.1, -0.05) is 0 Å². The van der Waals surface area contributed by atoms with Crippen molar-refractivity contribution in [1.29, 1.82) is 0 Å². The highest BCUT2D eigenvalue weighted by Crippen LogP contribution is 2.00. The summed E-state index contributed by atoms with van der Waals surface area (Å²) in [5, 5.41) is 7.36. The fourth-order valence-electron chi connectivity index (χ4n) is 1.14. The topological polar surface area (TPSA) is 87.3 Å². The van der Waals surface area contributed by atoms with Gasteiger partial charge in [-0.05, 0) is 26.3 Å². The van der Waals surface area contributed by atoms with Crippen molar-refractivity contribution in [2.75, 3.05) is 7.05 Å². The summed E-state index contributed by atoms with van der Waals surface area (Å²) in [7, 11) is 1.48. The summed E-state index contributed by atoms with van der Waals surface area (Å²) in [6.45, 7) is 6.30. The van der Waals surface area contributed by atoms with Gasteiger partial charge in [-0.15, -0.1) is 0 Å². The third kappa shape index (κ3) is 5.14. The summed E-state index contributed by atoms with van der Waals surface area (Å²) in [5.74, 6) is -1.10. The molecule has 0 radical (unpaired) electrons. The molecular formula is C11H19N3O3. The molecule has 0 rings (SSSR count). The summed E-state index contributed by atoms with van der Waals surface area (Å²) >= 11 is 0. The van der Waals surface area contributed by atoms with E-state index in [2.05, 4.69) is 16.0 Å². The zero-order valence-corrected chi connectivity index (χ0v) is 10.8. The van der Waals surface area contributed by atoms with E-state index in [0.29, 0.717) is 5.57 Å². The predicted octanol–water partition coefficient (Wildman–Crippen LogP) is -0.333. The first-order chi connectivity index (χ1) is 7.79. The number of carbonyl (C=O) groups excluding carboxylic acids is 3. The Bertz CT molecular complexity index is 357. The number of rotatable bonds is 4. The highest BCUT2D eigenvalue weighted by Gasteiger charge is 2.18. The van der Waals surface area contributed by atoms with E-state index >= 15 is 0 Å². The molecule has 6 nitrogen and oxygen atoms in total. The van der Waals surface area contributed by atoms with Gasteiger partial charge < -0.3 is 16.0 Å². The molecule has 0 spiro atoms. The molecule has 0 unspecified atom stereocenters. The van der Waals surface area contributed by atoms with Crippen molar-refractivity contribution in [3.05, 3.63) is 11.3 Å². The van der Waals surface area contributed by atoms with Crippen LogP contribution in [0.1, 0.15) is 27.7 Å². The van der Waals surface area contributed by atoms with Crippen LogP contribution in [0, 0.1) is 0 Å². The van der Waals surface area contributed by atoms with Crippen LogP contribution >= 0.6 is 0 Å². The molecule has 1 atom stereocenters. The van der Waals surface area contributed by atoms with Crippen molar-refractivity contribution in [3.8, 4) is 0 Å². The SMILES string of the molecule is CNC(=O)C(NC(=O)[C@H](C)NC(C)=O)=C(C)C. The molecule has 96 valence electrons. The largest absolute Gasteiger partial charge is 0.354 e. The minimum atomic E-state index is -0.688. The Balaban J connectivity index is 4.70. The summed E-state index contributed by atoms with van der Waals surface area (Å²) in [6.07, 6.45) is 0. The molecule has 3 amide bonds. The van der Waals surface area contributed by atoms with Gasteiger partial charge in [0.2, 0.25) is 11.8 Å². The molecule has 0 aliphatic carbocycles. The number of hydrogen-bond donors (Lipinski definition) is 3. The lowest BCUT2D eigenvalue weighted by atomic mass is 10.2. The molecule has 0 saturated heterocycles. The second-order valence-corrected chi connectivity index (χ2v) is 3.87. The van der Waals surface area contributed by atoms with Crippen LogP contribution in [-0.2, 0) is 14.4 Å². The monoisotopic (exact) mass is 241 g/mol. The Hall–Kier alpha value is -1.85. The van der Waals surface area contributed by atoms with E-state index in [1.54, 1.807) is 20.8 Å². The number of likely N-dealkylation sites (N-methyl/N-ethyl adjacent to an activating group) is 1. The minimum absolute atomic E-state index is 0.203. The van der Waals surface area contributed by atoms with Crippen molar-refractivity contribution < 1.29 is 14.4 Å². The maximum absolute atomic E-state index is 11.7. The molecule has 0 fully saturated rings. The van der Waals surface area contributed by atoms with Crippen LogP contribution in [0.25, 0.3) is 0 Å². The maximum Gasteiger partial charge on any atom is 0.267 e. The molecule has 6 heteroatoms. The van der Waals surface area contributed by atoms with Crippen molar-refractivity contribution in [1.82, 2.24) is 16.0 Å². The van der Waals surface area contributed by atoms with E-state index in [4.69, 9.17) is 0 Å². The van der Waals surface area contributed by atoms with Crippen molar-refractivity contribution in [2.45, 2.75) is 33.7 Å². The molecule has 0 heterocycles. The summed E-state index contributed by atoms with van der Waals surface area (Å²) < 4.78 is 0. The zero-order chi connectivity index (χ0) is 13.6. The first-order valence-electron chi connectivity index (χ1n) is 5.27. The fraction of sp³-hybridized carbons (Fsp3) is 0.545. The molecule has 0 aromatic carbocycles. The second kappa shape index (κ2) is 6.67. The normalized spacial score (nSPS) is 11.1. The van der Waals surface area contributed by atoms with Crippen molar-refractivity contribution in [2.24, 2.45) is 0 Å². The summed E-state index contributed by atoms with van der Waals surface area (Å²) in [5.41, 5.74) is 0.891. The van der Waals surface area contributed by atoms with Crippen LogP contribution in [0.3, 0.4) is 0 Å². The molecular weight excluding hydrogens is 222 g/mol. The van der Waals surface area contributed by atoms with Crippen LogP contribution in [0.4, 0.5) is 0 Å². The number of allylic oxidation sites excluding steroid dienone is 1. The maximum atomic E-state index is 11.7. The minimum Gasteiger partial charge on any atom is -0.354 e. The van der Waals surface area contributed by atoms with Gasteiger partial charge in [0, 0.05) is 14.0 Å². The van der Waals surface area contributed by atoms with E-state index in [1.165, 1.54) is 14.0 Å².